The molecule has 1 aromatic heterocycles. The number of aromatic nitrogens is 2. The van der Waals surface area contributed by atoms with Crippen LogP contribution in [0, 0.1) is 0 Å². The number of carbonyl (C=O) groups is 2. The number of rotatable bonds is 7. The van der Waals surface area contributed by atoms with E-state index in [-0.39, 0.29) is 23.8 Å². The van der Waals surface area contributed by atoms with Gasteiger partial charge >= 0.3 is 0 Å². The number of methoxy groups -OCH3 is 1. The maximum atomic E-state index is 12.7. The van der Waals surface area contributed by atoms with Crippen LogP contribution in [0.5, 0.6) is 17.4 Å². The number of piperidine rings is 1. The van der Waals surface area contributed by atoms with Crippen LogP contribution < -0.4 is 25.4 Å². The van der Waals surface area contributed by atoms with Crippen molar-refractivity contribution in [3.8, 4) is 17.4 Å². The number of benzene rings is 2. The SMILES string of the molecule is COc1cc(C(=O)NC2CCNCC2)ccc1Nc1nccc(Oc2cccc3c2C(=O)N(C)C3)n1. The van der Waals surface area contributed by atoms with E-state index in [0.29, 0.717) is 40.7 Å². The molecule has 2 aliphatic rings. The third kappa shape index (κ3) is 4.94. The van der Waals surface area contributed by atoms with E-state index in [4.69, 9.17) is 9.47 Å². The maximum absolute atomic E-state index is 12.7. The largest absolute Gasteiger partial charge is 0.495 e. The molecule has 0 bridgehead atoms. The second-order valence-electron chi connectivity index (χ2n) is 8.81. The zero-order chi connectivity index (χ0) is 25.1. The molecular formula is C26H28N6O4. The lowest BCUT2D eigenvalue weighted by atomic mass is 10.1. The summed E-state index contributed by atoms with van der Waals surface area (Å²) in [6.45, 7) is 2.35. The van der Waals surface area contributed by atoms with Crippen LogP contribution in [0.3, 0.4) is 0 Å². The predicted octanol–water partition coefficient (Wildman–Crippen LogP) is 3.09. The Morgan fingerprint density at radius 1 is 1.14 bits per heavy atom. The van der Waals surface area contributed by atoms with Gasteiger partial charge in [0, 0.05) is 37.5 Å². The maximum Gasteiger partial charge on any atom is 0.258 e. The molecule has 0 atom stereocenters. The minimum Gasteiger partial charge on any atom is -0.495 e. The van der Waals surface area contributed by atoms with E-state index in [1.165, 1.54) is 0 Å². The number of anilines is 2. The highest BCUT2D eigenvalue weighted by Gasteiger charge is 2.28. The Morgan fingerprint density at radius 3 is 2.78 bits per heavy atom. The molecule has 2 amide bonds. The van der Waals surface area contributed by atoms with Crippen molar-refractivity contribution >= 4 is 23.5 Å². The minimum absolute atomic E-state index is 0.0815. The fourth-order valence-corrected chi connectivity index (χ4v) is 4.42. The van der Waals surface area contributed by atoms with Gasteiger partial charge in [0.25, 0.3) is 11.8 Å². The Kier molecular flexibility index (Phi) is 6.68. The van der Waals surface area contributed by atoms with E-state index < -0.39 is 0 Å². The quantitative estimate of drug-likeness (QED) is 0.465. The molecule has 0 aliphatic carbocycles. The van der Waals surface area contributed by atoms with Crippen molar-refractivity contribution in [3.63, 3.8) is 0 Å². The summed E-state index contributed by atoms with van der Waals surface area (Å²) in [5.41, 5.74) is 2.58. The third-order valence-corrected chi connectivity index (χ3v) is 6.31. The van der Waals surface area contributed by atoms with Gasteiger partial charge in [-0.15, -0.1) is 0 Å². The third-order valence-electron chi connectivity index (χ3n) is 6.31. The van der Waals surface area contributed by atoms with Crippen LogP contribution in [0.1, 0.15) is 39.1 Å². The number of fused-ring (bicyclic) bond motifs is 1. The highest BCUT2D eigenvalue weighted by Crippen LogP contribution is 2.33. The molecule has 3 N–H and O–H groups in total. The molecule has 0 saturated carbocycles. The van der Waals surface area contributed by atoms with Gasteiger partial charge in [-0.2, -0.15) is 4.98 Å². The average molecular weight is 489 g/mol. The summed E-state index contributed by atoms with van der Waals surface area (Å²) in [7, 11) is 3.30. The molecular weight excluding hydrogens is 460 g/mol. The van der Waals surface area contributed by atoms with Gasteiger partial charge in [-0.25, -0.2) is 4.98 Å². The van der Waals surface area contributed by atoms with Crippen LogP contribution in [0.2, 0.25) is 0 Å². The second kappa shape index (κ2) is 10.2. The van der Waals surface area contributed by atoms with Crippen LogP contribution in [-0.4, -0.2) is 60.0 Å². The smallest absolute Gasteiger partial charge is 0.258 e. The summed E-state index contributed by atoms with van der Waals surface area (Å²) in [5.74, 6) is 1.30. The first-order valence-corrected chi connectivity index (χ1v) is 11.9. The number of nitrogens with zero attached hydrogens (tertiary/aromatic N) is 3. The molecule has 1 saturated heterocycles. The van der Waals surface area contributed by atoms with Crippen LogP contribution in [0.25, 0.3) is 0 Å². The van der Waals surface area contributed by atoms with Crippen molar-refractivity contribution in [3.05, 3.63) is 65.4 Å². The topological polar surface area (TPSA) is 118 Å². The Labute approximate surface area is 209 Å². The lowest BCUT2D eigenvalue weighted by molar-refractivity contribution is 0.0814. The Balaban J connectivity index is 1.31. The lowest BCUT2D eigenvalue weighted by Gasteiger charge is -2.23. The van der Waals surface area contributed by atoms with Crippen molar-refractivity contribution in [2.45, 2.75) is 25.4 Å². The van der Waals surface area contributed by atoms with Gasteiger partial charge in [-0.1, -0.05) is 12.1 Å². The molecule has 5 rings (SSSR count). The van der Waals surface area contributed by atoms with E-state index in [1.807, 2.05) is 12.1 Å². The van der Waals surface area contributed by atoms with Gasteiger partial charge in [0.2, 0.25) is 11.8 Å². The Bertz CT molecular complexity index is 1290. The summed E-state index contributed by atoms with van der Waals surface area (Å²) in [5, 5.41) is 9.50. The highest BCUT2D eigenvalue weighted by atomic mass is 16.5. The Morgan fingerprint density at radius 2 is 1.97 bits per heavy atom. The van der Waals surface area contributed by atoms with Crippen molar-refractivity contribution in [2.24, 2.45) is 0 Å². The van der Waals surface area contributed by atoms with Crippen molar-refractivity contribution in [1.29, 1.82) is 0 Å². The number of ether oxygens (including phenoxy) is 2. The molecule has 186 valence electrons. The van der Waals surface area contributed by atoms with Crippen LogP contribution in [0.15, 0.2) is 48.7 Å². The van der Waals surface area contributed by atoms with Crippen molar-refractivity contribution < 1.29 is 19.1 Å². The Hall–Kier alpha value is -4.18. The standard InChI is InChI=1S/C26H28N6O4/c1-32-15-17-4-3-5-20(23(17)25(32)34)36-22-10-13-28-26(31-22)30-19-7-6-16(14-21(19)35-2)24(33)29-18-8-11-27-12-9-18/h3-7,10,13-14,18,27H,8-9,11-12,15H2,1-2H3,(H,29,33)(H,28,30,31). The predicted molar refractivity (Wildman–Crippen MR) is 134 cm³/mol. The summed E-state index contributed by atoms with van der Waals surface area (Å²) < 4.78 is 11.5. The van der Waals surface area contributed by atoms with Gasteiger partial charge in [0.1, 0.15) is 11.5 Å². The molecule has 3 aromatic rings. The monoisotopic (exact) mass is 488 g/mol. The first kappa shape index (κ1) is 23.6. The lowest BCUT2D eigenvalue weighted by Crippen LogP contribution is -2.42. The average Bonchev–Trinajstić information content (AvgIpc) is 3.19. The molecule has 0 unspecified atom stereocenters. The van der Waals surface area contributed by atoms with Crippen LogP contribution in [-0.2, 0) is 6.54 Å². The van der Waals surface area contributed by atoms with Gasteiger partial charge in [0.15, 0.2) is 0 Å². The minimum atomic E-state index is -0.131. The fourth-order valence-electron chi connectivity index (χ4n) is 4.42. The van der Waals surface area contributed by atoms with E-state index in [2.05, 4.69) is 25.9 Å². The van der Waals surface area contributed by atoms with Crippen molar-refractivity contribution in [1.82, 2.24) is 25.5 Å². The summed E-state index contributed by atoms with van der Waals surface area (Å²) >= 11 is 0. The van der Waals surface area contributed by atoms with Crippen molar-refractivity contribution in [2.75, 3.05) is 32.6 Å². The van der Waals surface area contributed by atoms with E-state index in [9.17, 15) is 9.59 Å². The number of carbonyl (C=O) groups excluding carboxylic acids is 2. The van der Waals surface area contributed by atoms with Gasteiger partial charge in [-0.3, -0.25) is 9.59 Å². The second-order valence-corrected chi connectivity index (χ2v) is 8.81. The van der Waals surface area contributed by atoms with Gasteiger partial charge < -0.3 is 30.3 Å². The molecule has 2 aromatic carbocycles. The molecule has 10 heteroatoms. The molecule has 1 fully saturated rings. The normalized spacial score (nSPS) is 15.4. The molecule has 0 spiro atoms. The summed E-state index contributed by atoms with van der Waals surface area (Å²) in [4.78, 5) is 35.6. The van der Waals surface area contributed by atoms with Gasteiger partial charge in [-0.05, 0) is 55.8 Å². The molecule has 36 heavy (non-hydrogen) atoms. The zero-order valence-electron chi connectivity index (χ0n) is 20.2. The number of nitrogens with one attached hydrogen (secondary N) is 3. The van der Waals surface area contributed by atoms with E-state index in [0.717, 1.165) is 31.5 Å². The first-order valence-electron chi connectivity index (χ1n) is 11.9. The zero-order valence-corrected chi connectivity index (χ0v) is 20.2. The molecule has 3 heterocycles. The number of hydrogen-bond acceptors (Lipinski definition) is 8. The molecule has 0 radical (unpaired) electrons. The van der Waals surface area contributed by atoms with Crippen LogP contribution in [0.4, 0.5) is 11.6 Å². The number of hydrogen-bond donors (Lipinski definition) is 3. The highest BCUT2D eigenvalue weighted by molar-refractivity contribution is 6.01. The van der Waals surface area contributed by atoms with E-state index in [1.54, 1.807) is 55.6 Å². The molecule has 2 aliphatic heterocycles. The number of amides is 2. The van der Waals surface area contributed by atoms with E-state index >= 15 is 0 Å². The first-order chi connectivity index (χ1) is 17.5. The summed E-state index contributed by atoms with van der Waals surface area (Å²) in [6, 6.07) is 12.5. The summed E-state index contributed by atoms with van der Waals surface area (Å²) in [6.07, 6.45) is 3.39. The van der Waals surface area contributed by atoms with Gasteiger partial charge in [0.05, 0.1) is 18.4 Å². The van der Waals surface area contributed by atoms with Crippen LogP contribution >= 0.6 is 0 Å². The molecule has 10 nitrogen and oxygen atoms in total. The fraction of sp³-hybridized carbons (Fsp3) is 0.308.